The lowest BCUT2D eigenvalue weighted by atomic mass is 10.0. The molecule has 0 spiro atoms. The molecule has 0 aliphatic rings. The lowest BCUT2D eigenvalue weighted by molar-refractivity contribution is -0.143. The predicted molar refractivity (Wildman–Crippen MR) is 126 cm³/mol. The molecule has 1 rings (SSSR count). The number of likely N-dealkylation sites (N-methyl/N-ethyl adjacent to an activating group) is 1. The molecule has 0 bridgehead atoms. The highest BCUT2D eigenvalue weighted by Crippen LogP contribution is 2.23. The molecule has 184 valence electrons. The van der Waals surface area contributed by atoms with Crippen molar-refractivity contribution in [3.8, 4) is 0 Å². The van der Waals surface area contributed by atoms with Crippen LogP contribution in [0.4, 0.5) is 4.79 Å². The van der Waals surface area contributed by atoms with Crippen LogP contribution >= 0.6 is 0 Å². The Bertz CT molecular complexity index is 817. The zero-order chi connectivity index (χ0) is 25.2. The number of nitrogens with two attached hydrogens (primary N) is 1. The molecule has 0 heterocycles. The average Bonchev–Trinajstić information content (AvgIpc) is 2.70. The van der Waals surface area contributed by atoms with Crippen LogP contribution in [-0.2, 0) is 19.1 Å². The monoisotopic (exact) mass is 462 g/mol. The maximum atomic E-state index is 13.5. The van der Waals surface area contributed by atoms with Gasteiger partial charge in [0.05, 0.1) is 6.42 Å². The summed E-state index contributed by atoms with van der Waals surface area (Å²) in [5, 5.41) is 5.32. The van der Waals surface area contributed by atoms with Gasteiger partial charge in [-0.15, -0.1) is 0 Å². The van der Waals surface area contributed by atoms with Gasteiger partial charge in [0.25, 0.3) is 0 Å². The summed E-state index contributed by atoms with van der Waals surface area (Å²) in [5.74, 6) is -1.70. The van der Waals surface area contributed by atoms with Gasteiger partial charge in [0.2, 0.25) is 17.7 Å². The molecule has 4 amide bonds. The lowest BCUT2D eigenvalue weighted by Gasteiger charge is -2.33. The van der Waals surface area contributed by atoms with E-state index in [0.29, 0.717) is 12.1 Å². The summed E-state index contributed by atoms with van der Waals surface area (Å²) < 4.78 is 5.23. The van der Waals surface area contributed by atoms with Crippen LogP contribution in [0.25, 0.3) is 0 Å². The highest BCUT2D eigenvalue weighted by Gasteiger charge is 2.36. The van der Waals surface area contributed by atoms with E-state index in [2.05, 4.69) is 10.6 Å². The molecular formula is C24H38N4O5. The first-order valence-electron chi connectivity index (χ1n) is 11.3. The van der Waals surface area contributed by atoms with E-state index < -0.39 is 42.0 Å². The Hall–Kier alpha value is -3.10. The number of nitrogens with one attached hydrogen (secondary N) is 2. The Morgan fingerprint density at radius 3 is 2.18 bits per heavy atom. The average molecular weight is 463 g/mol. The molecule has 9 nitrogen and oxygen atoms in total. The standard InChI is InChI=1S/C24H38N4O5/c1-7-9-14-26-21(30)20(17-12-10-16(3)11-13-17)28(8-2)22(31)18(15-19(25)29)27-23(32)33-24(4,5)6/h10-13,18,20H,7-9,14-15H2,1-6H3,(H2,25,29)(H,26,30)(H,27,32). The van der Waals surface area contributed by atoms with Crippen LogP contribution < -0.4 is 16.4 Å². The summed E-state index contributed by atoms with van der Waals surface area (Å²) >= 11 is 0. The molecule has 9 heteroatoms. The first kappa shape index (κ1) is 27.9. The largest absolute Gasteiger partial charge is 0.444 e. The minimum Gasteiger partial charge on any atom is -0.444 e. The zero-order valence-corrected chi connectivity index (χ0v) is 20.6. The molecule has 0 fully saturated rings. The van der Waals surface area contributed by atoms with Gasteiger partial charge in [-0.25, -0.2) is 4.79 Å². The zero-order valence-electron chi connectivity index (χ0n) is 20.6. The van der Waals surface area contributed by atoms with E-state index >= 15 is 0 Å². The van der Waals surface area contributed by atoms with Crippen LogP contribution in [-0.4, -0.2) is 53.4 Å². The van der Waals surface area contributed by atoms with Gasteiger partial charge in [0.1, 0.15) is 17.7 Å². The molecule has 0 saturated carbocycles. The topological polar surface area (TPSA) is 131 Å². The van der Waals surface area contributed by atoms with E-state index in [-0.39, 0.29) is 12.5 Å². The fourth-order valence-electron chi connectivity index (χ4n) is 3.22. The van der Waals surface area contributed by atoms with Crippen molar-refractivity contribution < 1.29 is 23.9 Å². The summed E-state index contributed by atoms with van der Waals surface area (Å²) in [7, 11) is 0. The second-order valence-electron chi connectivity index (χ2n) is 8.95. The SMILES string of the molecule is CCCCNC(=O)C(c1ccc(C)cc1)N(CC)C(=O)C(CC(N)=O)NC(=O)OC(C)(C)C. The van der Waals surface area contributed by atoms with Crippen molar-refractivity contribution in [2.45, 2.75) is 78.5 Å². The van der Waals surface area contributed by atoms with E-state index in [4.69, 9.17) is 10.5 Å². The highest BCUT2D eigenvalue weighted by atomic mass is 16.6. The number of benzene rings is 1. The van der Waals surface area contributed by atoms with E-state index in [9.17, 15) is 19.2 Å². The number of rotatable bonds is 11. The van der Waals surface area contributed by atoms with Crippen molar-refractivity contribution in [1.29, 1.82) is 0 Å². The fourth-order valence-corrected chi connectivity index (χ4v) is 3.22. The Balaban J connectivity index is 3.28. The van der Waals surface area contributed by atoms with Gasteiger partial charge in [0, 0.05) is 13.1 Å². The number of hydrogen-bond donors (Lipinski definition) is 3. The number of primary amides is 1. The molecule has 1 aromatic rings. The summed E-state index contributed by atoms with van der Waals surface area (Å²) in [5.41, 5.74) is 6.18. The number of carbonyl (C=O) groups is 4. The van der Waals surface area contributed by atoms with Crippen molar-refractivity contribution in [2.24, 2.45) is 5.73 Å². The molecule has 0 radical (unpaired) electrons. The van der Waals surface area contributed by atoms with E-state index in [0.717, 1.165) is 18.4 Å². The minimum atomic E-state index is -1.27. The molecular weight excluding hydrogens is 424 g/mol. The third kappa shape index (κ3) is 9.51. The maximum absolute atomic E-state index is 13.5. The summed E-state index contributed by atoms with van der Waals surface area (Å²) in [4.78, 5) is 52.0. The van der Waals surface area contributed by atoms with Gasteiger partial charge >= 0.3 is 6.09 Å². The van der Waals surface area contributed by atoms with Gasteiger partial charge in [-0.3, -0.25) is 14.4 Å². The number of unbranched alkanes of at least 4 members (excludes halogenated alkanes) is 1. The number of hydrogen-bond acceptors (Lipinski definition) is 5. The van der Waals surface area contributed by atoms with Gasteiger partial charge < -0.3 is 26.0 Å². The quantitative estimate of drug-likeness (QED) is 0.435. The number of aryl methyl sites for hydroxylation is 1. The molecule has 33 heavy (non-hydrogen) atoms. The molecule has 4 N–H and O–H groups in total. The van der Waals surface area contributed by atoms with Crippen molar-refractivity contribution in [1.82, 2.24) is 15.5 Å². The van der Waals surface area contributed by atoms with Crippen molar-refractivity contribution in [2.75, 3.05) is 13.1 Å². The number of amides is 4. The molecule has 0 aliphatic carbocycles. The first-order chi connectivity index (χ1) is 15.4. The summed E-state index contributed by atoms with van der Waals surface area (Å²) in [6, 6.07) is 5.10. The predicted octanol–water partition coefficient (Wildman–Crippen LogP) is 2.57. The minimum absolute atomic E-state index is 0.170. The number of alkyl carbamates (subject to hydrolysis) is 1. The Kier molecular flexibility index (Phi) is 10.8. The lowest BCUT2D eigenvalue weighted by Crippen LogP contribution is -2.54. The van der Waals surface area contributed by atoms with Crippen LogP contribution in [0, 0.1) is 6.92 Å². The van der Waals surface area contributed by atoms with Crippen LogP contribution in [0.2, 0.25) is 0 Å². The number of carbonyl (C=O) groups excluding carboxylic acids is 4. The molecule has 0 aliphatic heterocycles. The van der Waals surface area contributed by atoms with Gasteiger partial charge in [-0.05, 0) is 46.6 Å². The van der Waals surface area contributed by atoms with Crippen LogP contribution in [0.15, 0.2) is 24.3 Å². The molecule has 0 aromatic heterocycles. The highest BCUT2D eigenvalue weighted by molar-refractivity contribution is 5.94. The van der Waals surface area contributed by atoms with Crippen molar-refractivity contribution in [3.05, 3.63) is 35.4 Å². The molecule has 0 saturated heterocycles. The first-order valence-corrected chi connectivity index (χ1v) is 11.3. The van der Waals surface area contributed by atoms with E-state index in [1.54, 1.807) is 39.8 Å². The van der Waals surface area contributed by atoms with Crippen LogP contribution in [0.3, 0.4) is 0 Å². The maximum Gasteiger partial charge on any atom is 0.408 e. The van der Waals surface area contributed by atoms with Gasteiger partial charge in [-0.1, -0.05) is 43.2 Å². The summed E-state index contributed by atoms with van der Waals surface area (Å²) in [6.07, 6.45) is 0.438. The van der Waals surface area contributed by atoms with E-state index in [1.807, 2.05) is 26.0 Å². The summed E-state index contributed by atoms with van der Waals surface area (Å²) in [6.45, 7) is 11.4. The van der Waals surface area contributed by atoms with Crippen molar-refractivity contribution >= 4 is 23.8 Å². The van der Waals surface area contributed by atoms with Crippen LogP contribution in [0.5, 0.6) is 0 Å². The van der Waals surface area contributed by atoms with E-state index in [1.165, 1.54) is 4.90 Å². The van der Waals surface area contributed by atoms with Crippen molar-refractivity contribution in [3.63, 3.8) is 0 Å². The fraction of sp³-hybridized carbons (Fsp3) is 0.583. The molecule has 2 atom stereocenters. The second kappa shape index (κ2) is 12.8. The van der Waals surface area contributed by atoms with Gasteiger partial charge in [-0.2, -0.15) is 0 Å². The number of nitrogens with zero attached hydrogens (tertiary/aromatic N) is 1. The third-order valence-electron chi connectivity index (χ3n) is 4.80. The molecule has 1 aromatic carbocycles. The normalized spacial score (nSPS) is 12.9. The Labute approximate surface area is 196 Å². The third-order valence-corrected chi connectivity index (χ3v) is 4.80. The van der Waals surface area contributed by atoms with Gasteiger partial charge in [0.15, 0.2) is 0 Å². The molecule has 2 unspecified atom stereocenters. The Morgan fingerprint density at radius 2 is 1.70 bits per heavy atom. The second-order valence-corrected chi connectivity index (χ2v) is 8.95. The van der Waals surface area contributed by atoms with Crippen LogP contribution in [0.1, 0.15) is 71.0 Å². The Morgan fingerprint density at radius 1 is 1.09 bits per heavy atom. The number of ether oxygens (including phenoxy) is 1. The smallest absolute Gasteiger partial charge is 0.408 e.